The van der Waals surface area contributed by atoms with Crippen LogP contribution >= 0.6 is 11.8 Å². The molecule has 0 aliphatic carbocycles. The van der Waals surface area contributed by atoms with Crippen molar-refractivity contribution in [3.8, 4) is 0 Å². The Morgan fingerprint density at radius 2 is 1.75 bits per heavy atom. The first-order chi connectivity index (χ1) is 11.6. The van der Waals surface area contributed by atoms with Gasteiger partial charge in [-0.3, -0.25) is 0 Å². The number of thioether (sulfide) groups is 1. The van der Waals surface area contributed by atoms with E-state index >= 15 is 0 Å². The van der Waals surface area contributed by atoms with Crippen LogP contribution in [-0.4, -0.2) is 7.05 Å². The summed E-state index contributed by atoms with van der Waals surface area (Å²) in [5, 5.41) is 2.56. The van der Waals surface area contributed by atoms with Crippen LogP contribution in [0.15, 0.2) is 58.6 Å². The molecule has 0 saturated heterocycles. The molecule has 0 atom stereocenters. The smallest absolute Gasteiger partial charge is 0.212 e. The Balaban J connectivity index is 1.86. The Morgan fingerprint density at radius 1 is 1.00 bits per heavy atom. The van der Waals surface area contributed by atoms with Crippen molar-refractivity contribution in [1.82, 2.24) is 0 Å². The molecule has 24 heavy (non-hydrogen) atoms. The molecule has 4 rings (SSSR count). The number of hydrogen-bond acceptors (Lipinski definition) is 2. The van der Waals surface area contributed by atoms with E-state index in [-0.39, 0.29) is 0 Å². The Bertz CT molecular complexity index is 989. The number of rotatable bonds is 1. The molecule has 2 nitrogen and oxygen atoms in total. The van der Waals surface area contributed by atoms with Crippen LogP contribution in [0.3, 0.4) is 0 Å². The van der Waals surface area contributed by atoms with Crippen molar-refractivity contribution in [2.75, 3.05) is 11.9 Å². The fraction of sp³-hybridized carbons (Fsp3) is 0.190. The van der Waals surface area contributed by atoms with E-state index in [2.05, 4.69) is 92.1 Å². The highest BCUT2D eigenvalue weighted by atomic mass is 32.2. The second-order valence-corrected chi connectivity index (χ2v) is 7.45. The van der Waals surface area contributed by atoms with E-state index in [1.165, 1.54) is 43.2 Å². The largest absolute Gasteiger partial charge is 0.338 e. The summed E-state index contributed by atoms with van der Waals surface area (Å²) >= 11 is 1.87. The number of benzene rings is 2. The van der Waals surface area contributed by atoms with Crippen molar-refractivity contribution >= 4 is 34.4 Å². The summed E-state index contributed by atoms with van der Waals surface area (Å²) in [6, 6.07) is 15.2. The molecule has 0 saturated carbocycles. The lowest BCUT2D eigenvalue weighted by Gasteiger charge is -2.16. The average molecular weight is 333 g/mol. The third-order valence-corrected chi connectivity index (χ3v) is 6.07. The minimum Gasteiger partial charge on any atom is -0.338 e. The summed E-state index contributed by atoms with van der Waals surface area (Å²) < 4.78 is 2.17. The molecule has 3 aromatic rings. The fourth-order valence-corrected chi connectivity index (χ4v) is 4.62. The topological polar surface area (TPSA) is 7.12 Å². The zero-order valence-electron chi connectivity index (χ0n) is 14.5. The monoisotopic (exact) mass is 333 g/mol. The van der Waals surface area contributed by atoms with E-state index in [1.807, 2.05) is 11.8 Å². The first-order valence-corrected chi connectivity index (χ1v) is 8.99. The van der Waals surface area contributed by atoms with Crippen molar-refractivity contribution in [2.45, 2.75) is 18.7 Å². The molecular weight excluding hydrogens is 312 g/mol. The summed E-state index contributed by atoms with van der Waals surface area (Å²) in [6.45, 7) is 4.39. The average Bonchev–Trinajstić information content (AvgIpc) is 2.92. The second-order valence-electron chi connectivity index (χ2n) is 6.42. The van der Waals surface area contributed by atoms with Gasteiger partial charge in [0, 0.05) is 24.1 Å². The van der Waals surface area contributed by atoms with Crippen molar-refractivity contribution < 1.29 is 4.57 Å². The predicted octanol–water partition coefficient (Wildman–Crippen LogP) is 4.82. The molecular formula is C21H21N2S+. The van der Waals surface area contributed by atoms with E-state index in [1.54, 1.807) is 0 Å². The number of nitrogens with zero attached hydrogens (tertiary/aromatic N) is 2. The van der Waals surface area contributed by atoms with Crippen molar-refractivity contribution in [2.24, 2.45) is 7.05 Å². The molecule has 1 aliphatic heterocycles. The molecule has 3 heteroatoms. The van der Waals surface area contributed by atoms with Crippen LogP contribution in [0, 0.1) is 13.8 Å². The quantitative estimate of drug-likeness (QED) is 0.589. The van der Waals surface area contributed by atoms with Gasteiger partial charge in [0.15, 0.2) is 6.20 Å². The molecule has 0 spiro atoms. The van der Waals surface area contributed by atoms with Gasteiger partial charge in [0.2, 0.25) is 5.52 Å². The normalized spacial score (nSPS) is 15.3. The number of para-hydroxylation sites is 1. The van der Waals surface area contributed by atoms with E-state index in [4.69, 9.17) is 0 Å². The first kappa shape index (κ1) is 15.3. The molecule has 0 amide bonds. The number of aryl methyl sites for hydroxylation is 3. The SMILES string of the molecule is Cc1ccc(C)c2c1S/C(=C/c1cc[n+](C)c3ccccc13)N2C. The van der Waals surface area contributed by atoms with Crippen LogP contribution in [-0.2, 0) is 7.05 Å². The van der Waals surface area contributed by atoms with Crippen LogP contribution in [0.25, 0.3) is 17.0 Å². The number of pyridine rings is 1. The van der Waals surface area contributed by atoms with Gasteiger partial charge in [0.25, 0.3) is 0 Å². The molecule has 1 aromatic heterocycles. The van der Waals surface area contributed by atoms with E-state index in [0.717, 1.165) is 0 Å². The summed E-state index contributed by atoms with van der Waals surface area (Å²) in [5.74, 6) is 0. The van der Waals surface area contributed by atoms with Crippen molar-refractivity contribution in [3.05, 3.63) is 70.4 Å². The number of aromatic nitrogens is 1. The summed E-state index contributed by atoms with van der Waals surface area (Å²) in [4.78, 5) is 3.71. The summed E-state index contributed by atoms with van der Waals surface area (Å²) in [7, 11) is 4.26. The van der Waals surface area contributed by atoms with Gasteiger partial charge < -0.3 is 4.90 Å². The molecule has 2 heterocycles. The molecule has 120 valence electrons. The fourth-order valence-electron chi connectivity index (χ4n) is 3.37. The number of anilines is 1. The van der Waals surface area contributed by atoms with Gasteiger partial charge in [-0.05, 0) is 42.7 Å². The van der Waals surface area contributed by atoms with Crippen LogP contribution in [0.2, 0.25) is 0 Å². The van der Waals surface area contributed by atoms with E-state index < -0.39 is 0 Å². The van der Waals surface area contributed by atoms with Gasteiger partial charge in [-0.1, -0.05) is 36.0 Å². The summed E-state index contributed by atoms with van der Waals surface area (Å²) in [6.07, 6.45) is 4.45. The standard InChI is InChI=1S/C21H21N2S/c1-14-9-10-15(2)21-20(14)23(4)19(24-21)13-16-11-12-22(3)18-8-6-5-7-17(16)18/h5-13H,1-4H3/q+1. The Hall–Kier alpha value is -2.26. The molecule has 0 N–H and O–H groups in total. The van der Waals surface area contributed by atoms with Gasteiger partial charge in [-0.2, -0.15) is 0 Å². The lowest BCUT2D eigenvalue weighted by Crippen LogP contribution is -2.28. The zero-order chi connectivity index (χ0) is 16.8. The molecule has 0 unspecified atom stereocenters. The molecule has 1 aliphatic rings. The number of fused-ring (bicyclic) bond motifs is 2. The highest BCUT2D eigenvalue weighted by Crippen LogP contribution is 2.49. The van der Waals surface area contributed by atoms with E-state index in [0.29, 0.717) is 0 Å². The first-order valence-electron chi connectivity index (χ1n) is 8.17. The maximum Gasteiger partial charge on any atom is 0.212 e. The minimum absolute atomic E-state index is 1.25. The lowest BCUT2D eigenvalue weighted by molar-refractivity contribution is -0.644. The van der Waals surface area contributed by atoms with Gasteiger partial charge in [-0.25, -0.2) is 4.57 Å². The molecule has 0 radical (unpaired) electrons. The Morgan fingerprint density at radius 3 is 2.54 bits per heavy atom. The van der Waals surface area contributed by atoms with Gasteiger partial charge in [-0.15, -0.1) is 0 Å². The van der Waals surface area contributed by atoms with Crippen LogP contribution < -0.4 is 9.47 Å². The maximum atomic E-state index is 2.32. The maximum absolute atomic E-state index is 2.32. The molecule has 0 bridgehead atoms. The third kappa shape index (κ3) is 2.31. The predicted molar refractivity (Wildman–Crippen MR) is 103 cm³/mol. The lowest BCUT2D eigenvalue weighted by atomic mass is 10.1. The Kier molecular flexibility index (Phi) is 3.61. The van der Waals surface area contributed by atoms with Crippen LogP contribution in [0.4, 0.5) is 5.69 Å². The Labute approximate surface area is 147 Å². The second kappa shape index (κ2) is 5.67. The molecule has 0 fully saturated rings. The van der Waals surface area contributed by atoms with Gasteiger partial charge >= 0.3 is 0 Å². The van der Waals surface area contributed by atoms with Crippen molar-refractivity contribution in [1.29, 1.82) is 0 Å². The highest BCUT2D eigenvalue weighted by Gasteiger charge is 2.25. The van der Waals surface area contributed by atoms with E-state index in [9.17, 15) is 0 Å². The summed E-state index contributed by atoms with van der Waals surface area (Å²) in [5.41, 5.74) is 6.54. The molecule has 2 aromatic carbocycles. The third-order valence-electron chi connectivity index (χ3n) is 4.75. The van der Waals surface area contributed by atoms with Crippen LogP contribution in [0.1, 0.15) is 16.7 Å². The minimum atomic E-state index is 1.25. The van der Waals surface area contributed by atoms with Crippen LogP contribution in [0.5, 0.6) is 0 Å². The van der Waals surface area contributed by atoms with Gasteiger partial charge in [0.1, 0.15) is 7.05 Å². The van der Waals surface area contributed by atoms with Crippen molar-refractivity contribution in [3.63, 3.8) is 0 Å². The van der Waals surface area contributed by atoms with Gasteiger partial charge in [0.05, 0.1) is 16.1 Å². The zero-order valence-corrected chi connectivity index (χ0v) is 15.3. The number of hydrogen-bond donors (Lipinski definition) is 0. The highest BCUT2D eigenvalue weighted by molar-refractivity contribution is 8.04.